The monoisotopic (exact) mass is 213 g/mol. The Morgan fingerprint density at radius 3 is 2.17 bits per heavy atom. The standard InChI is InChI=1S/C5H11ClO2S.HN3/c1-2-3-4-5-9(6,7)8;1-3-2/h2-5H2,1H3;1H. The Labute approximate surface area is 76.6 Å². The molecular weight excluding hydrogens is 202 g/mol. The van der Waals surface area contributed by atoms with Crippen molar-refractivity contribution >= 4 is 19.7 Å². The van der Waals surface area contributed by atoms with Gasteiger partial charge in [-0.25, -0.2) is 8.42 Å². The number of hydrogen-bond donors (Lipinski definition) is 1. The Bertz CT molecular complexity index is 221. The van der Waals surface area contributed by atoms with Gasteiger partial charge in [-0.05, 0) is 16.9 Å². The molecule has 0 atom stereocenters. The molecule has 0 radical (unpaired) electrons. The van der Waals surface area contributed by atoms with Crippen molar-refractivity contribution in [2.24, 2.45) is 0 Å². The van der Waals surface area contributed by atoms with Crippen molar-refractivity contribution in [2.45, 2.75) is 26.2 Å². The van der Waals surface area contributed by atoms with Gasteiger partial charge in [-0.3, -0.25) is 0 Å². The Balaban J connectivity index is 0. The molecule has 0 amide bonds. The largest absolute Gasteiger partial charge is 0.232 e. The quantitative estimate of drug-likeness (QED) is 0.256. The highest BCUT2D eigenvalue weighted by Crippen LogP contribution is 2.02. The SMILES string of the molecule is CCCCCS(=O)(=O)Cl.[N-]=[N+]=N. The summed E-state index contributed by atoms with van der Waals surface area (Å²) in [6.07, 6.45) is 2.64. The average molecular weight is 214 g/mol. The second-order valence-electron chi connectivity index (χ2n) is 2.05. The lowest BCUT2D eigenvalue weighted by atomic mass is 10.3. The van der Waals surface area contributed by atoms with Gasteiger partial charge in [0, 0.05) is 10.7 Å². The van der Waals surface area contributed by atoms with E-state index in [1.165, 1.54) is 0 Å². The fraction of sp³-hybridized carbons (Fsp3) is 1.00. The molecule has 72 valence electrons. The Hall–Kier alpha value is -0.450. The lowest BCUT2D eigenvalue weighted by Gasteiger charge is -1.92. The Kier molecular flexibility index (Phi) is 10.2. The molecule has 12 heavy (non-hydrogen) atoms. The maximum Gasteiger partial charge on any atom is 0.232 e. The zero-order valence-electron chi connectivity index (χ0n) is 6.83. The summed E-state index contributed by atoms with van der Waals surface area (Å²) in [4.78, 5) is 1.75. The summed E-state index contributed by atoms with van der Waals surface area (Å²) in [5.41, 5.74) is 12.2. The predicted octanol–water partition coefficient (Wildman–Crippen LogP) is 2.62. The van der Waals surface area contributed by atoms with Gasteiger partial charge in [0.25, 0.3) is 0 Å². The number of unbranched alkanes of at least 4 members (excludes halogenated alkanes) is 2. The summed E-state index contributed by atoms with van der Waals surface area (Å²) in [6.45, 7) is 2.01. The first-order chi connectivity index (χ1) is 5.47. The van der Waals surface area contributed by atoms with Crippen LogP contribution in [-0.4, -0.2) is 14.2 Å². The molecule has 7 heteroatoms. The van der Waals surface area contributed by atoms with E-state index in [0.29, 0.717) is 6.42 Å². The molecule has 0 aliphatic rings. The topological polar surface area (TPSA) is 94.4 Å². The van der Waals surface area contributed by atoms with Crippen molar-refractivity contribution in [1.29, 1.82) is 5.53 Å². The molecule has 0 aromatic carbocycles. The molecule has 5 nitrogen and oxygen atoms in total. The van der Waals surface area contributed by atoms with E-state index in [0.717, 1.165) is 12.8 Å². The smallest absolute Gasteiger partial charge is 0.212 e. The first-order valence-electron chi connectivity index (χ1n) is 3.41. The van der Waals surface area contributed by atoms with Gasteiger partial charge < -0.3 is 0 Å². The maximum absolute atomic E-state index is 10.3. The highest BCUT2D eigenvalue weighted by Gasteiger charge is 2.02. The number of nitrogens with one attached hydrogen (secondary N) is 1. The second-order valence-corrected chi connectivity index (χ2v) is 4.95. The van der Waals surface area contributed by atoms with Gasteiger partial charge in [0.15, 0.2) is 0 Å². The molecule has 0 aliphatic heterocycles. The van der Waals surface area contributed by atoms with Crippen LogP contribution in [0.4, 0.5) is 0 Å². The van der Waals surface area contributed by atoms with E-state index in [2.05, 4.69) is 0 Å². The van der Waals surface area contributed by atoms with Gasteiger partial charge in [0.1, 0.15) is 0 Å². The first-order valence-corrected chi connectivity index (χ1v) is 5.89. The van der Waals surface area contributed by atoms with E-state index in [9.17, 15) is 8.42 Å². The molecule has 1 N–H and O–H groups in total. The third-order valence-corrected chi connectivity index (χ3v) is 2.23. The van der Waals surface area contributed by atoms with Crippen molar-refractivity contribution in [3.05, 3.63) is 10.4 Å². The summed E-state index contributed by atoms with van der Waals surface area (Å²) in [5.74, 6) is 0.113. The molecule has 0 spiro atoms. The zero-order chi connectivity index (χ0) is 10.0. The molecule has 0 aromatic rings. The van der Waals surface area contributed by atoms with E-state index in [1.807, 2.05) is 6.92 Å². The third-order valence-electron chi connectivity index (χ3n) is 0.992. The van der Waals surface area contributed by atoms with Crippen LogP contribution in [0.5, 0.6) is 0 Å². The van der Waals surface area contributed by atoms with Crippen LogP contribution in [0.1, 0.15) is 26.2 Å². The predicted molar refractivity (Wildman–Crippen MR) is 48.6 cm³/mol. The summed E-state index contributed by atoms with van der Waals surface area (Å²) in [7, 11) is 1.72. The minimum absolute atomic E-state index is 0.113. The minimum atomic E-state index is -3.22. The summed E-state index contributed by atoms with van der Waals surface area (Å²) < 4.78 is 20.5. The van der Waals surface area contributed by atoms with Crippen LogP contribution >= 0.6 is 10.7 Å². The van der Waals surface area contributed by atoms with Crippen LogP contribution in [0.3, 0.4) is 0 Å². The fourth-order valence-electron chi connectivity index (χ4n) is 0.524. The Morgan fingerprint density at radius 1 is 1.50 bits per heavy atom. The van der Waals surface area contributed by atoms with Crippen LogP contribution in [-0.2, 0) is 9.05 Å². The van der Waals surface area contributed by atoms with Crippen molar-refractivity contribution < 1.29 is 8.42 Å². The van der Waals surface area contributed by atoms with E-state index < -0.39 is 9.05 Å². The highest BCUT2D eigenvalue weighted by atomic mass is 35.7. The zero-order valence-corrected chi connectivity index (χ0v) is 8.40. The molecule has 0 saturated carbocycles. The van der Waals surface area contributed by atoms with Crippen LogP contribution in [0, 0.1) is 5.53 Å². The molecule has 0 aromatic heterocycles. The molecule has 0 rings (SSSR count). The van der Waals surface area contributed by atoms with Gasteiger partial charge in [-0.15, -0.1) is 5.53 Å². The van der Waals surface area contributed by atoms with E-state index in [1.54, 1.807) is 4.91 Å². The number of rotatable bonds is 4. The summed E-state index contributed by atoms with van der Waals surface area (Å²) in [6, 6.07) is 0. The molecule has 0 bridgehead atoms. The van der Waals surface area contributed by atoms with Gasteiger partial charge in [-0.2, -0.15) is 0 Å². The fourth-order valence-corrected chi connectivity index (χ4v) is 1.40. The van der Waals surface area contributed by atoms with Crippen molar-refractivity contribution in [3.63, 3.8) is 0 Å². The van der Waals surface area contributed by atoms with E-state index >= 15 is 0 Å². The van der Waals surface area contributed by atoms with Crippen LogP contribution < -0.4 is 0 Å². The van der Waals surface area contributed by atoms with Crippen molar-refractivity contribution in [3.8, 4) is 0 Å². The third kappa shape index (κ3) is 22.7. The molecular formula is C5H12ClN3O2S. The van der Waals surface area contributed by atoms with E-state index in [-0.39, 0.29) is 5.75 Å². The summed E-state index contributed by atoms with van der Waals surface area (Å²) >= 11 is 0. The number of hydrogen-bond acceptors (Lipinski definition) is 3. The van der Waals surface area contributed by atoms with Crippen molar-refractivity contribution in [2.75, 3.05) is 5.75 Å². The molecule has 0 aliphatic carbocycles. The van der Waals surface area contributed by atoms with Crippen LogP contribution in [0.2, 0.25) is 0 Å². The van der Waals surface area contributed by atoms with Crippen LogP contribution in [0.15, 0.2) is 0 Å². The summed E-state index contributed by atoms with van der Waals surface area (Å²) in [5, 5.41) is 0. The van der Waals surface area contributed by atoms with Crippen LogP contribution in [0.25, 0.3) is 10.4 Å². The first kappa shape index (κ1) is 14.1. The molecule has 0 saturated heterocycles. The molecule has 0 heterocycles. The van der Waals surface area contributed by atoms with Gasteiger partial charge >= 0.3 is 0 Å². The molecule has 0 fully saturated rings. The highest BCUT2D eigenvalue weighted by molar-refractivity contribution is 8.13. The average Bonchev–Trinajstić information content (AvgIpc) is 1.87. The second kappa shape index (κ2) is 8.64. The lowest BCUT2D eigenvalue weighted by Crippen LogP contribution is -1.95. The minimum Gasteiger partial charge on any atom is -0.212 e. The number of halogens is 1. The van der Waals surface area contributed by atoms with Gasteiger partial charge in [-0.1, -0.05) is 19.8 Å². The Morgan fingerprint density at radius 2 is 1.92 bits per heavy atom. The lowest BCUT2D eigenvalue weighted by molar-refractivity contribution is 0.604. The van der Waals surface area contributed by atoms with Gasteiger partial charge in [0.2, 0.25) is 9.05 Å². The van der Waals surface area contributed by atoms with E-state index in [4.69, 9.17) is 21.7 Å². The normalized spacial score (nSPS) is 9.50. The number of nitrogens with zero attached hydrogens (tertiary/aromatic N) is 2. The van der Waals surface area contributed by atoms with Gasteiger partial charge in [0.05, 0.1) is 5.75 Å². The molecule has 0 unspecified atom stereocenters. The maximum atomic E-state index is 10.3. The van der Waals surface area contributed by atoms with Crippen molar-refractivity contribution in [1.82, 2.24) is 0 Å².